The second-order valence-electron chi connectivity index (χ2n) is 5.48. The van der Waals surface area contributed by atoms with Gasteiger partial charge in [-0.3, -0.25) is 9.48 Å². The fourth-order valence-corrected chi connectivity index (χ4v) is 3.13. The van der Waals surface area contributed by atoms with Crippen molar-refractivity contribution in [2.24, 2.45) is 0 Å². The zero-order chi connectivity index (χ0) is 17.8. The van der Waals surface area contributed by atoms with Crippen molar-refractivity contribution in [1.82, 2.24) is 9.78 Å². The average molecular weight is 359 g/mol. The monoisotopic (exact) mass is 359 g/mol. The zero-order valence-electron chi connectivity index (χ0n) is 14.0. The first kappa shape index (κ1) is 17.2. The van der Waals surface area contributed by atoms with Crippen molar-refractivity contribution in [1.29, 1.82) is 0 Å². The Morgan fingerprint density at radius 2 is 2.12 bits per heavy atom. The lowest BCUT2D eigenvalue weighted by molar-refractivity contribution is 0.103. The molecule has 130 valence electrons. The number of carbonyl (C=O) groups excluding carboxylic acids is 1. The van der Waals surface area contributed by atoms with E-state index in [4.69, 9.17) is 4.74 Å². The van der Waals surface area contributed by atoms with Gasteiger partial charge in [0.1, 0.15) is 18.2 Å². The molecule has 0 spiro atoms. The second-order valence-corrected chi connectivity index (χ2v) is 6.39. The molecule has 0 aliphatic heterocycles. The zero-order valence-corrected chi connectivity index (χ0v) is 14.8. The van der Waals surface area contributed by atoms with Crippen LogP contribution < -0.4 is 10.1 Å². The van der Waals surface area contributed by atoms with Crippen LogP contribution in [-0.4, -0.2) is 15.7 Å². The Labute approximate surface area is 149 Å². The quantitative estimate of drug-likeness (QED) is 0.716. The van der Waals surface area contributed by atoms with E-state index in [1.165, 1.54) is 23.5 Å². The van der Waals surface area contributed by atoms with Crippen molar-refractivity contribution >= 4 is 22.9 Å². The van der Waals surface area contributed by atoms with Gasteiger partial charge in [-0.05, 0) is 49.6 Å². The molecule has 0 aliphatic rings. The van der Waals surface area contributed by atoms with E-state index < -0.39 is 0 Å². The number of anilines is 1. The van der Waals surface area contributed by atoms with E-state index >= 15 is 0 Å². The predicted molar refractivity (Wildman–Crippen MR) is 95.6 cm³/mol. The molecule has 1 aromatic carbocycles. The Bertz CT molecular complexity index is 871. The third-order valence-electron chi connectivity index (χ3n) is 3.75. The molecule has 5 nitrogen and oxygen atoms in total. The van der Waals surface area contributed by atoms with Crippen LogP contribution in [-0.2, 0) is 13.2 Å². The number of amides is 1. The summed E-state index contributed by atoms with van der Waals surface area (Å²) in [7, 11) is 0. The van der Waals surface area contributed by atoms with Crippen LogP contribution >= 0.6 is 11.3 Å². The molecule has 1 N–H and O–H groups in total. The van der Waals surface area contributed by atoms with E-state index in [0.717, 1.165) is 17.8 Å². The minimum atomic E-state index is -0.302. The number of carbonyl (C=O) groups is 1. The number of hydrogen-bond donors (Lipinski definition) is 1. The molecule has 3 rings (SSSR count). The number of benzene rings is 1. The Morgan fingerprint density at radius 1 is 1.36 bits per heavy atom. The van der Waals surface area contributed by atoms with Crippen molar-refractivity contribution in [2.75, 3.05) is 5.32 Å². The first-order valence-corrected chi connectivity index (χ1v) is 8.74. The Kier molecular flexibility index (Phi) is 5.14. The number of halogens is 1. The topological polar surface area (TPSA) is 56.2 Å². The fraction of sp³-hybridized carbons (Fsp3) is 0.222. The summed E-state index contributed by atoms with van der Waals surface area (Å²) >= 11 is 1.35. The molecule has 0 aliphatic carbocycles. The van der Waals surface area contributed by atoms with Gasteiger partial charge >= 0.3 is 0 Å². The van der Waals surface area contributed by atoms with Gasteiger partial charge < -0.3 is 10.1 Å². The number of rotatable bonds is 6. The first-order valence-electron chi connectivity index (χ1n) is 7.86. The summed E-state index contributed by atoms with van der Waals surface area (Å²) < 4.78 is 20.3. The number of hydrogen-bond acceptors (Lipinski definition) is 4. The number of nitrogens with one attached hydrogen (secondary N) is 1. The van der Waals surface area contributed by atoms with E-state index in [1.807, 2.05) is 23.9 Å². The Balaban J connectivity index is 1.61. The van der Waals surface area contributed by atoms with Crippen molar-refractivity contribution in [3.63, 3.8) is 0 Å². The van der Waals surface area contributed by atoms with E-state index in [1.54, 1.807) is 24.4 Å². The molecule has 1 amide bonds. The van der Waals surface area contributed by atoms with Gasteiger partial charge in [0.15, 0.2) is 0 Å². The maximum Gasteiger partial charge on any atom is 0.265 e. The lowest BCUT2D eigenvalue weighted by Gasteiger charge is -2.04. The molecule has 2 heterocycles. The van der Waals surface area contributed by atoms with Crippen LogP contribution in [0.2, 0.25) is 0 Å². The highest BCUT2D eigenvalue weighted by atomic mass is 32.1. The molecule has 25 heavy (non-hydrogen) atoms. The van der Waals surface area contributed by atoms with E-state index in [-0.39, 0.29) is 11.7 Å². The third-order valence-corrected chi connectivity index (χ3v) is 4.73. The van der Waals surface area contributed by atoms with Gasteiger partial charge in [-0.2, -0.15) is 5.10 Å². The molecular formula is C18H18FN3O2S. The van der Waals surface area contributed by atoms with E-state index in [0.29, 0.717) is 22.9 Å². The van der Waals surface area contributed by atoms with Crippen LogP contribution in [0.25, 0.3) is 0 Å². The number of aromatic nitrogens is 2. The van der Waals surface area contributed by atoms with Crippen molar-refractivity contribution < 1.29 is 13.9 Å². The summed E-state index contributed by atoms with van der Waals surface area (Å²) in [6, 6.07) is 7.64. The first-order chi connectivity index (χ1) is 12.1. The minimum absolute atomic E-state index is 0.170. The second kappa shape index (κ2) is 7.48. The molecule has 0 saturated carbocycles. The van der Waals surface area contributed by atoms with Gasteiger partial charge in [0.2, 0.25) is 0 Å². The Hall–Kier alpha value is -2.67. The summed E-state index contributed by atoms with van der Waals surface area (Å²) in [5, 5.41) is 8.97. The van der Waals surface area contributed by atoms with Crippen LogP contribution in [0.4, 0.5) is 10.1 Å². The predicted octanol–water partition coefficient (Wildman–Crippen LogP) is 4.24. The highest BCUT2D eigenvalue weighted by Crippen LogP contribution is 2.21. The fourth-order valence-electron chi connectivity index (χ4n) is 2.34. The van der Waals surface area contributed by atoms with Gasteiger partial charge in [0.25, 0.3) is 5.91 Å². The lowest BCUT2D eigenvalue weighted by atomic mass is 10.3. The molecule has 2 aromatic heterocycles. The van der Waals surface area contributed by atoms with Crippen LogP contribution in [0.1, 0.15) is 27.9 Å². The van der Waals surface area contributed by atoms with Gasteiger partial charge in [-0.25, -0.2) is 4.39 Å². The molecule has 3 aromatic rings. The van der Waals surface area contributed by atoms with Crippen LogP contribution in [0.5, 0.6) is 5.75 Å². The van der Waals surface area contributed by atoms with Crippen molar-refractivity contribution in [3.05, 3.63) is 63.9 Å². The third kappa shape index (κ3) is 4.06. The average Bonchev–Trinajstić information content (AvgIpc) is 3.22. The molecule has 7 heteroatoms. The van der Waals surface area contributed by atoms with Gasteiger partial charge in [0, 0.05) is 12.1 Å². The molecular weight excluding hydrogens is 341 g/mol. The smallest absolute Gasteiger partial charge is 0.265 e. The maximum atomic E-state index is 12.9. The van der Waals surface area contributed by atoms with E-state index in [9.17, 15) is 9.18 Å². The van der Waals surface area contributed by atoms with Gasteiger partial charge in [-0.15, -0.1) is 11.3 Å². The summed E-state index contributed by atoms with van der Waals surface area (Å²) in [5.74, 6) is 0.113. The molecule has 0 unspecified atom stereocenters. The van der Waals surface area contributed by atoms with Crippen LogP contribution in [0, 0.1) is 12.7 Å². The van der Waals surface area contributed by atoms with Crippen molar-refractivity contribution in [3.8, 4) is 5.75 Å². The SMILES string of the molecule is CCn1ncc(NC(=O)c2cc(COc3ccc(F)cc3)cs2)c1C. The Morgan fingerprint density at radius 3 is 2.80 bits per heavy atom. The van der Waals surface area contributed by atoms with Crippen molar-refractivity contribution in [2.45, 2.75) is 27.0 Å². The highest BCUT2D eigenvalue weighted by molar-refractivity contribution is 7.12. The number of ether oxygens (including phenoxy) is 1. The summed E-state index contributed by atoms with van der Waals surface area (Å²) in [6.45, 7) is 4.99. The number of nitrogens with zero attached hydrogens (tertiary/aromatic N) is 2. The highest BCUT2D eigenvalue weighted by Gasteiger charge is 2.13. The number of aryl methyl sites for hydroxylation is 1. The molecule has 0 saturated heterocycles. The minimum Gasteiger partial charge on any atom is -0.489 e. The summed E-state index contributed by atoms with van der Waals surface area (Å²) in [6.07, 6.45) is 1.66. The molecule has 0 bridgehead atoms. The van der Waals surface area contributed by atoms with Crippen LogP contribution in [0.15, 0.2) is 41.9 Å². The van der Waals surface area contributed by atoms with Gasteiger partial charge in [0.05, 0.1) is 22.5 Å². The molecule has 0 fully saturated rings. The maximum absolute atomic E-state index is 12.9. The summed E-state index contributed by atoms with van der Waals surface area (Å²) in [4.78, 5) is 13.0. The van der Waals surface area contributed by atoms with Gasteiger partial charge in [-0.1, -0.05) is 0 Å². The van der Waals surface area contributed by atoms with Crippen LogP contribution in [0.3, 0.4) is 0 Å². The lowest BCUT2D eigenvalue weighted by Crippen LogP contribution is -2.11. The van der Waals surface area contributed by atoms with E-state index in [2.05, 4.69) is 10.4 Å². The normalized spacial score (nSPS) is 10.7. The standard InChI is InChI=1S/C18H18FN3O2S/c1-3-22-12(2)16(9-20-22)21-18(23)17-8-13(11-25-17)10-24-15-6-4-14(19)5-7-15/h4-9,11H,3,10H2,1-2H3,(H,21,23). The molecule has 0 atom stereocenters. The largest absolute Gasteiger partial charge is 0.489 e. The molecule has 0 radical (unpaired) electrons. The summed E-state index contributed by atoms with van der Waals surface area (Å²) in [5.41, 5.74) is 2.53. The number of thiophene rings is 1.